The van der Waals surface area contributed by atoms with Crippen molar-refractivity contribution in [2.75, 3.05) is 0 Å². The van der Waals surface area contributed by atoms with Crippen LogP contribution < -0.4 is 0 Å². The summed E-state index contributed by atoms with van der Waals surface area (Å²) in [7, 11) is 0. The molecule has 0 bridgehead atoms. The Labute approximate surface area is 186 Å². The Morgan fingerprint density at radius 2 is 1.48 bits per heavy atom. The number of benzene rings is 2. The zero-order valence-corrected chi connectivity index (χ0v) is 18.7. The number of rotatable bonds is 5. The Morgan fingerprint density at radius 1 is 0.774 bits per heavy atom. The van der Waals surface area contributed by atoms with Crippen LogP contribution in [0.3, 0.4) is 0 Å². The second-order valence-corrected chi connectivity index (χ2v) is 9.71. The van der Waals surface area contributed by atoms with E-state index in [9.17, 15) is 8.78 Å². The van der Waals surface area contributed by atoms with E-state index in [4.69, 9.17) is 0 Å². The van der Waals surface area contributed by atoms with E-state index in [2.05, 4.69) is 43.0 Å². The number of hydrogen-bond donors (Lipinski definition) is 0. The molecule has 2 aliphatic rings. The maximum atomic E-state index is 13.3. The lowest BCUT2D eigenvalue weighted by atomic mass is 9.63. The van der Waals surface area contributed by atoms with Crippen LogP contribution in [-0.4, -0.2) is 0 Å². The molecule has 2 aliphatic carbocycles. The summed E-state index contributed by atoms with van der Waals surface area (Å²) in [6.45, 7) is 2.30. The molecule has 4 rings (SSSR count). The van der Waals surface area contributed by atoms with E-state index in [0.717, 1.165) is 35.4 Å². The van der Waals surface area contributed by atoms with E-state index in [1.54, 1.807) is 0 Å². The van der Waals surface area contributed by atoms with Crippen LogP contribution in [0.5, 0.6) is 0 Å². The first kappa shape index (κ1) is 22.1. The van der Waals surface area contributed by atoms with Crippen molar-refractivity contribution in [1.29, 1.82) is 0 Å². The fourth-order valence-electron chi connectivity index (χ4n) is 5.79. The van der Waals surface area contributed by atoms with Gasteiger partial charge in [0.2, 0.25) is 0 Å². The molecule has 0 nitrogen and oxygen atoms in total. The summed E-state index contributed by atoms with van der Waals surface area (Å²) < 4.78 is 26.4. The van der Waals surface area contributed by atoms with Gasteiger partial charge in [-0.3, -0.25) is 0 Å². The van der Waals surface area contributed by atoms with Crippen LogP contribution in [-0.2, 0) is 0 Å². The molecule has 164 valence electrons. The summed E-state index contributed by atoms with van der Waals surface area (Å²) in [5, 5.41) is 0. The molecule has 0 aromatic heterocycles. The van der Waals surface area contributed by atoms with Gasteiger partial charge in [-0.05, 0) is 91.7 Å². The van der Waals surface area contributed by atoms with Crippen molar-refractivity contribution < 1.29 is 8.78 Å². The third-order valence-electron chi connectivity index (χ3n) is 7.59. The summed E-state index contributed by atoms with van der Waals surface area (Å²) in [6, 6.07) is 12.4. The highest BCUT2D eigenvalue weighted by Crippen LogP contribution is 2.48. The summed E-state index contributed by atoms with van der Waals surface area (Å²) in [4.78, 5) is 0. The molecule has 0 aliphatic heterocycles. The third-order valence-corrected chi connectivity index (χ3v) is 7.59. The van der Waals surface area contributed by atoms with Gasteiger partial charge in [0.1, 0.15) is 0 Å². The zero-order valence-electron chi connectivity index (χ0n) is 18.7. The van der Waals surface area contributed by atoms with Crippen molar-refractivity contribution in [3.05, 3.63) is 70.8 Å². The Kier molecular flexibility index (Phi) is 7.44. The third kappa shape index (κ3) is 5.76. The molecule has 0 radical (unpaired) electrons. The zero-order chi connectivity index (χ0) is 21.6. The van der Waals surface area contributed by atoms with Crippen molar-refractivity contribution >= 4 is 0 Å². The highest BCUT2D eigenvalue weighted by atomic mass is 19.2. The number of halogens is 2. The lowest BCUT2D eigenvalue weighted by Crippen LogP contribution is -2.30. The molecule has 2 aromatic rings. The minimum absolute atomic E-state index is 0.492. The van der Waals surface area contributed by atoms with E-state index in [0.29, 0.717) is 11.5 Å². The van der Waals surface area contributed by atoms with Crippen molar-refractivity contribution in [1.82, 2.24) is 0 Å². The lowest BCUT2D eigenvalue weighted by molar-refractivity contribution is 0.113. The normalized spacial score (nSPS) is 25.4. The molecular weight excluding hydrogens is 386 g/mol. The molecule has 2 fully saturated rings. The highest BCUT2D eigenvalue weighted by Gasteiger charge is 2.35. The topological polar surface area (TPSA) is 0 Å². The van der Waals surface area contributed by atoms with Gasteiger partial charge in [-0.25, -0.2) is 8.78 Å². The van der Waals surface area contributed by atoms with Crippen LogP contribution in [0, 0.1) is 41.2 Å². The molecule has 2 heteroatoms. The first-order valence-corrected chi connectivity index (χ1v) is 12.2. The van der Waals surface area contributed by atoms with Gasteiger partial charge in [-0.2, -0.15) is 0 Å². The van der Waals surface area contributed by atoms with Gasteiger partial charge >= 0.3 is 0 Å². The van der Waals surface area contributed by atoms with Gasteiger partial charge in [-0.1, -0.05) is 63.0 Å². The molecule has 0 spiro atoms. The predicted molar refractivity (Wildman–Crippen MR) is 124 cm³/mol. The number of unbranched alkanes of at least 4 members (excludes halogenated alkanes) is 2. The fourth-order valence-corrected chi connectivity index (χ4v) is 5.79. The van der Waals surface area contributed by atoms with E-state index in [1.807, 2.05) is 0 Å². The smallest absolute Gasteiger partial charge is 0.160 e. The molecule has 0 amide bonds. The summed E-state index contributed by atoms with van der Waals surface area (Å²) in [6.07, 6.45) is 14.0. The van der Waals surface area contributed by atoms with Crippen LogP contribution in [0.15, 0.2) is 42.5 Å². The van der Waals surface area contributed by atoms with Crippen LogP contribution in [0.4, 0.5) is 8.78 Å². The summed E-state index contributed by atoms with van der Waals surface area (Å²) >= 11 is 0. The molecule has 0 heterocycles. The molecule has 2 aromatic carbocycles. The van der Waals surface area contributed by atoms with Gasteiger partial charge in [0.05, 0.1) is 0 Å². The van der Waals surface area contributed by atoms with Gasteiger partial charge in [0.25, 0.3) is 0 Å². The number of hydrogen-bond acceptors (Lipinski definition) is 0. The minimum Gasteiger partial charge on any atom is -0.204 e. The molecule has 2 saturated carbocycles. The molecule has 0 saturated heterocycles. The monoisotopic (exact) mass is 420 g/mol. The van der Waals surface area contributed by atoms with Gasteiger partial charge in [0, 0.05) is 11.1 Å². The van der Waals surface area contributed by atoms with E-state index >= 15 is 0 Å². The standard InChI is InChI=1S/C29H34F2/c1-2-3-4-5-22-10-14-27-20-26(16-15-25(27)18-22)24-12-8-21(9-13-24)6-7-23-11-17-28(30)29(31)19-23/h8-9,11-13,17,19,22,25-27H,2-5,10,14-16,18,20H2,1H3/t22?,25-,26-,27-/m1/s1. The summed E-state index contributed by atoms with van der Waals surface area (Å²) in [5.41, 5.74) is 2.84. The second kappa shape index (κ2) is 10.4. The summed E-state index contributed by atoms with van der Waals surface area (Å²) in [5.74, 6) is 7.83. The fraction of sp³-hybridized carbons (Fsp3) is 0.517. The Bertz CT molecular complexity index is 918. The van der Waals surface area contributed by atoms with Crippen LogP contribution in [0.1, 0.15) is 93.7 Å². The molecular formula is C29H34F2. The maximum Gasteiger partial charge on any atom is 0.160 e. The van der Waals surface area contributed by atoms with Crippen LogP contribution in [0.25, 0.3) is 0 Å². The minimum atomic E-state index is -0.854. The quantitative estimate of drug-likeness (QED) is 0.337. The first-order chi connectivity index (χ1) is 15.1. The van der Waals surface area contributed by atoms with Gasteiger partial charge < -0.3 is 0 Å². The predicted octanol–water partition coefficient (Wildman–Crippen LogP) is 8.24. The molecule has 1 unspecified atom stereocenters. The number of fused-ring (bicyclic) bond motifs is 1. The SMILES string of the molecule is CCCCCC1CC[C@@H]2C[C@H](c3ccc(C#Cc4ccc(F)c(F)c4)cc3)CC[C@@H]2C1. The Hall–Kier alpha value is -2.14. The van der Waals surface area contributed by atoms with E-state index < -0.39 is 11.6 Å². The second-order valence-electron chi connectivity index (χ2n) is 9.71. The van der Waals surface area contributed by atoms with Crippen LogP contribution >= 0.6 is 0 Å². The molecule has 0 N–H and O–H groups in total. The van der Waals surface area contributed by atoms with Crippen LogP contribution in [0.2, 0.25) is 0 Å². The van der Waals surface area contributed by atoms with E-state index in [-0.39, 0.29) is 0 Å². The van der Waals surface area contributed by atoms with Gasteiger partial charge in [0.15, 0.2) is 11.6 Å². The Morgan fingerprint density at radius 3 is 2.26 bits per heavy atom. The van der Waals surface area contributed by atoms with E-state index in [1.165, 1.54) is 75.8 Å². The average molecular weight is 421 g/mol. The Balaban J connectivity index is 1.32. The van der Waals surface area contributed by atoms with Crippen molar-refractivity contribution in [3.63, 3.8) is 0 Å². The van der Waals surface area contributed by atoms with Crippen molar-refractivity contribution in [2.45, 2.75) is 77.0 Å². The largest absolute Gasteiger partial charge is 0.204 e. The molecule has 4 atom stereocenters. The average Bonchev–Trinajstić information content (AvgIpc) is 2.80. The first-order valence-electron chi connectivity index (χ1n) is 12.2. The van der Waals surface area contributed by atoms with Crippen molar-refractivity contribution in [2.24, 2.45) is 17.8 Å². The lowest BCUT2D eigenvalue weighted by Gasteiger charge is -2.42. The highest BCUT2D eigenvalue weighted by molar-refractivity contribution is 5.44. The van der Waals surface area contributed by atoms with Gasteiger partial charge in [-0.15, -0.1) is 0 Å². The van der Waals surface area contributed by atoms with Crippen molar-refractivity contribution in [3.8, 4) is 11.8 Å². The molecule has 31 heavy (non-hydrogen) atoms. The maximum absolute atomic E-state index is 13.3.